The van der Waals surface area contributed by atoms with E-state index in [0.717, 1.165) is 10.9 Å². The number of aromatic hydroxyl groups is 1. The second-order valence-corrected chi connectivity index (χ2v) is 3.60. The van der Waals surface area contributed by atoms with Crippen molar-refractivity contribution in [3.63, 3.8) is 0 Å². The van der Waals surface area contributed by atoms with Crippen LogP contribution in [0.2, 0.25) is 0 Å². The summed E-state index contributed by atoms with van der Waals surface area (Å²) in [5.74, 6) is 0.664. The van der Waals surface area contributed by atoms with E-state index in [1.165, 1.54) is 0 Å². The molecule has 0 amide bonds. The van der Waals surface area contributed by atoms with Crippen LogP contribution in [0.1, 0.15) is 0 Å². The van der Waals surface area contributed by atoms with E-state index in [0.29, 0.717) is 16.9 Å². The van der Waals surface area contributed by atoms with Crippen LogP contribution in [0.4, 0.5) is 5.82 Å². The molecule has 3 aromatic rings. The van der Waals surface area contributed by atoms with Crippen molar-refractivity contribution < 1.29 is 5.11 Å². The van der Waals surface area contributed by atoms with Crippen LogP contribution in [0.25, 0.3) is 22.0 Å². The van der Waals surface area contributed by atoms with Gasteiger partial charge < -0.3 is 15.8 Å². The molecule has 0 aliphatic carbocycles. The minimum atomic E-state index is 0.215. The van der Waals surface area contributed by atoms with Crippen LogP contribution >= 0.6 is 0 Å². The van der Waals surface area contributed by atoms with E-state index in [2.05, 4.69) is 15.2 Å². The summed E-state index contributed by atoms with van der Waals surface area (Å²) in [6.07, 6.45) is 3.38. The van der Waals surface area contributed by atoms with Crippen molar-refractivity contribution in [2.45, 2.75) is 0 Å². The van der Waals surface area contributed by atoms with Gasteiger partial charge >= 0.3 is 0 Å². The zero-order valence-corrected chi connectivity index (χ0v) is 8.36. The predicted octanol–water partition coefficient (Wildman–Crippen LogP) is 1.85. The molecule has 80 valence electrons. The first-order chi connectivity index (χ1) is 7.77. The molecule has 2 heterocycles. The molecule has 3 rings (SSSR count). The molecule has 1 aromatic carbocycles. The van der Waals surface area contributed by atoms with Gasteiger partial charge in [0.05, 0.1) is 6.20 Å². The van der Waals surface area contributed by atoms with Crippen molar-refractivity contribution in [3.8, 4) is 16.9 Å². The first kappa shape index (κ1) is 8.84. The Morgan fingerprint density at radius 3 is 2.81 bits per heavy atom. The third kappa shape index (κ3) is 1.08. The second kappa shape index (κ2) is 3.03. The minimum Gasteiger partial charge on any atom is -0.507 e. The van der Waals surface area contributed by atoms with Crippen LogP contribution in [0.3, 0.4) is 0 Å². The molecule has 0 fully saturated rings. The van der Waals surface area contributed by atoms with E-state index in [4.69, 9.17) is 5.73 Å². The van der Waals surface area contributed by atoms with Crippen LogP contribution in [0.5, 0.6) is 5.75 Å². The molecule has 0 spiro atoms. The SMILES string of the molecule is Nc1[nH]ncc1-c1ccc2[nH]ccc2c1O. The number of nitrogens with one attached hydrogen (secondary N) is 2. The molecule has 0 unspecified atom stereocenters. The number of phenolic OH excluding ortho intramolecular Hbond substituents is 1. The Hall–Kier alpha value is -2.43. The fourth-order valence-corrected chi connectivity index (χ4v) is 1.85. The molecule has 0 atom stereocenters. The molecule has 16 heavy (non-hydrogen) atoms. The van der Waals surface area contributed by atoms with E-state index < -0.39 is 0 Å². The Balaban J connectivity index is 2.32. The number of phenols is 1. The highest BCUT2D eigenvalue weighted by Crippen LogP contribution is 2.36. The third-order valence-corrected chi connectivity index (χ3v) is 2.66. The number of nitrogens with two attached hydrogens (primary N) is 1. The van der Waals surface area contributed by atoms with Gasteiger partial charge in [-0.3, -0.25) is 5.10 Å². The zero-order chi connectivity index (χ0) is 11.1. The number of H-pyrrole nitrogens is 2. The van der Waals surface area contributed by atoms with Crippen molar-refractivity contribution in [2.24, 2.45) is 0 Å². The molecule has 0 aliphatic rings. The summed E-state index contributed by atoms with van der Waals surface area (Å²) in [6.45, 7) is 0. The Morgan fingerprint density at radius 1 is 1.19 bits per heavy atom. The monoisotopic (exact) mass is 214 g/mol. The molecule has 0 saturated carbocycles. The number of aromatic nitrogens is 3. The number of benzene rings is 1. The number of hydrogen-bond acceptors (Lipinski definition) is 3. The Labute approximate surface area is 90.9 Å². The second-order valence-electron chi connectivity index (χ2n) is 3.60. The largest absolute Gasteiger partial charge is 0.507 e. The fraction of sp³-hybridized carbons (Fsp3) is 0. The molecule has 0 aliphatic heterocycles. The molecule has 2 aromatic heterocycles. The number of hydrogen-bond donors (Lipinski definition) is 4. The Morgan fingerprint density at radius 2 is 2.06 bits per heavy atom. The normalized spacial score (nSPS) is 11.0. The summed E-state index contributed by atoms with van der Waals surface area (Å²) < 4.78 is 0. The van der Waals surface area contributed by atoms with E-state index >= 15 is 0 Å². The maximum absolute atomic E-state index is 10.1. The van der Waals surface area contributed by atoms with Crippen LogP contribution in [0.15, 0.2) is 30.6 Å². The molecular weight excluding hydrogens is 204 g/mol. The Kier molecular flexibility index (Phi) is 1.67. The highest BCUT2D eigenvalue weighted by atomic mass is 16.3. The summed E-state index contributed by atoms with van der Waals surface area (Å²) >= 11 is 0. The number of nitrogens with zero attached hydrogens (tertiary/aromatic N) is 1. The number of aromatic amines is 2. The number of rotatable bonds is 1. The first-order valence-electron chi connectivity index (χ1n) is 4.85. The first-order valence-corrected chi connectivity index (χ1v) is 4.85. The van der Waals surface area contributed by atoms with Gasteiger partial charge in [-0.1, -0.05) is 0 Å². The van der Waals surface area contributed by atoms with Crippen molar-refractivity contribution in [1.29, 1.82) is 0 Å². The van der Waals surface area contributed by atoms with Crippen molar-refractivity contribution in [2.75, 3.05) is 5.73 Å². The van der Waals surface area contributed by atoms with E-state index in [-0.39, 0.29) is 5.75 Å². The standard InChI is InChI=1S/C11H10N4O/c12-11-8(5-14-15-11)6-1-2-9-7(10(6)16)3-4-13-9/h1-5,13,16H,(H3,12,14,15). The fourth-order valence-electron chi connectivity index (χ4n) is 1.85. The molecule has 0 bridgehead atoms. The van der Waals surface area contributed by atoms with Crippen LogP contribution in [0, 0.1) is 0 Å². The summed E-state index contributed by atoms with van der Waals surface area (Å²) in [5, 5.41) is 17.4. The lowest BCUT2D eigenvalue weighted by Gasteiger charge is -2.04. The average molecular weight is 214 g/mol. The lowest BCUT2D eigenvalue weighted by Crippen LogP contribution is -1.88. The van der Waals surface area contributed by atoms with Crippen molar-refractivity contribution in [1.82, 2.24) is 15.2 Å². The average Bonchev–Trinajstić information content (AvgIpc) is 2.88. The van der Waals surface area contributed by atoms with Gasteiger partial charge in [-0.15, -0.1) is 0 Å². The summed E-state index contributed by atoms with van der Waals surface area (Å²) in [5.41, 5.74) is 8.00. The molecule has 0 radical (unpaired) electrons. The van der Waals surface area contributed by atoms with Gasteiger partial charge in [-0.05, 0) is 18.2 Å². The molecular formula is C11H10N4O. The van der Waals surface area contributed by atoms with Gasteiger partial charge in [0.25, 0.3) is 0 Å². The Bertz CT molecular complexity index is 653. The van der Waals surface area contributed by atoms with Gasteiger partial charge in [0.15, 0.2) is 0 Å². The predicted molar refractivity (Wildman–Crippen MR) is 62.0 cm³/mol. The van der Waals surface area contributed by atoms with Crippen LogP contribution in [-0.2, 0) is 0 Å². The van der Waals surface area contributed by atoms with E-state index in [1.807, 2.05) is 18.2 Å². The summed E-state index contributed by atoms with van der Waals surface area (Å²) in [7, 11) is 0. The maximum Gasteiger partial charge on any atom is 0.132 e. The van der Waals surface area contributed by atoms with E-state index in [1.54, 1.807) is 12.4 Å². The quantitative estimate of drug-likeness (QED) is 0.498. The summed E-state index contributed by atoms with van der Waals surface area (Å²) in [4.78, 5) is 3.03. The minimum absolute atomic E-state index is 0.215. The molecule has 5 nitrogen and oxygen atoms in total. The highest BCUT2D eigenvalue weighted by Gasteiger charge is 2.12. The zero-order valence-electron chi connectivity index (χ0n) is 8.36. The summed E-state index contributed by atoms with van der Waals surface area (Å²) in [6, 6.07) is 5.54. The van der Waals surface area contributed by atoms with Crippen molar-refractivity contribution in [3.05, 3.63) is 30.6 Å². The van der Waals surface area contributed by atoms with Crippen molar-refractivity contribution >= 4 is 16.7 Å². The van der Waals surface area contributed by atoms with Crippen LogP contribution in [-0.4, -0.2) is 20.3 Å². The van der Waals surface area contributed by atoms with Gasteiger partial charge in [0.2, 0.25) is 0 Å². The van der Waals surface area contributed by atoms with E-state index in [9.17, 15) is 5.11 Å². The smallest absolute Gasteiger partial charge is 0.132 e. The van der Waals surface area contributed by atoms with Gasteiger partial charge in [-0.2, -0.15) is 5.10 Å². The number of nitrogen functional groups attached to an aromatic ring is 1. The number of anilines is 1. The molecule has 0 saturated heterocycles. The van der Waals surface area contributed by atoms with Crippen LogP contribution < -0.4 is 5.73 Å². The van der Waals surface area contributed by atoms with Gasteiger partial charge in [-0.25, -0.2) is 0 Å². The van der Waals surface area contributed by atoms with Gasteiger partial charge in [0.1, 0.15) is 11.6 Å². The molecule has 5 N–H and O–H groups in total. The lowest BCUT2D eigenvalue weighted by molar-refractivity contribution is 0.483. The van der Waals surface area contributed by atoms with Gasteiger partial charge in [0, 0.05) is 28.2 Å². The lowest BCUT2D eigenvalue weighted by atomic mass is 10.1. The molecule has 5 heteroatoms. The maximum atomic E-state index is 10.1. The topological polar surface area (TPSA) is 90.7 Å². The number of fused-ring (bicyclic) bond motifs is 1. The highest BCUT2D eigenvalue weighted by molar-refractivity contribution is 5.94. The third-order valence-electron chi connectivity index (χ3n) is 2.66.